The van der Waals surface area contributed by atoms with Crippen molar-refractivity contribution >= 4 is 22.7 Å². The summed E-state index contributed by atoms with van der Waals surface area (Å²) in [7, 11) is 1.75. The zero-order valence-corrected chi connectivity index (χ0v) is 11.8. The van der Waals surface area contributed by atoms with Crippen LogP contribution >= 0.6 is 0 Å². The number of benzene rings is 1. The first-order chi connectivity index (χ1) is 10.5. The van der Waals surface area contributed by atoms with E-state index >= 15 is 0 Å². The molecule has 0 amide bonds. The lowest BCUT2D eigenvalue weighted by molar-refractivity contribution is -0.116. The van der Waals surface area contributed by atoms with Gasteiger partial charge in [0.1, 0.15) is 0 Å². The molecule has 0 saturated heterocycles. The number of hydrogen-bond acceptors (Lipinski definition) is 4. The smallest absolute Gasteiger partial charge is 0.232 e. The number of aromatic nitrogens is 1. The fourth-order valence-corrected chi connectivity index (χ4v) is 2.47. The minimum absolute atomic E-state index is 0.178. The van der Waals surface area contributed by atoms with E-state index in [-0.39, 0.29) is 11.1 Å². The van der Waals surface area contributed by atoms with Gasteiger partial charge in [0.25, 0.3) is 0 Å². The van der Waals surface area contributed by atoms with Crippen LogP contribution in [0, 0.1) is 0 Å². The van der Waals surface area contributed by atoms with E-state index < -0.39 is 23.1 Å². The van der Waals surface area contributed by atoms with Crippen LogP contribution in [-0.4, -0.2) is 26.3 Å². The quantitative estimate of drug-likeness (QED) is 0.834. The minimum Gasteiger partial charge on any atom is -0.504 e. The van der Waals surface area contributed by atoms with Crippen molar-refractivity contribution in [1.29, 1.82) is 0 Å². The van der Waals surface area contributed by atoms with Crippen molar-refractivity contribution in [2.75, 3.05) is 0 Å². The molecule has 2 aromatic rings. The fourth-order valence-electron chi connectivity index (χ4n) is 2.47. The summed E-state index contributed by atoms with van der Waals surface area (Å²) in [6.07, 6.45) is 3.28. The van der Waals surface area contributed by atoms with Crippen molar-refractivity contribution in [1.82, 2.24) is 4.57 Å². The average molecular weight is 295 g/mol. The lowest BCUT2D eigenvalue weighted by Gasteiger charge is -2.17. The Labute approximate surface area is 126 Å². The molecule has 0 spiro atoms. The second-order valence-corrected chi connectivity index (χ2v) is 5.04. The van der Waals surface area contributed by atoms with Crippen LogP contribution in [0.15, 0.2) is 60.3 Å². The summed E-state index contributed by atoms with van der Waals surface area (Å²) in [6, 6.07) is 9.90. The molecule has 5 heteroatoms. The summed E-state index contributed by atoms with van der Waals surface area (Å²) >= 11 is 0. The number of Topliss-reactive ketones (excluding diaryl/α,β-unsaturated/α-hetero) is 2. The van der Waals surface area contributed by atoms with Gasteiger partial charge in [0.05, 0.1) is 11.1 Å². The van der Waals surface area contributed by atoms with Crippen molar-refractivity contribution in [3.63, 3.8) is 0 Å². The Balaban J connectivity index is 2.15. The van der Waals surface area contributed by atoms with Gasteiger partial charge in [0, 0.05) is 25.0 Å². The first-order valence-electron chi connectivity index (χ1n) is 6.64. The molecule has 0 unspecified atom stereocenters. The topological polar surface area (TPSA) is 79.5 Å². The predicted molar refractivity (Wildman–Crippen MR) is 81.0 cm³/mol. The molecule has 110 valence electrons. The molecule has 1 aromatic carbocycles. The maximum Gasteiger partial charge on any atom is 0.232 e. The van der Waals surface area contributed by atoms with E-state index in [1.807, 2.05) is 0 Å². The molecule has 0 radical (unpaired) electrons. The van der Waals surface area contributed by atoms with E-state index in [9.17, 15) is 19.8 Å². The third-order valence-corrected chi connectivity index (χ3v) is 3.54. The van der Waals surface area contributed by atoms with Gasteiger partial charge in [0.15, 0.2) is 11.5 Å². The number of allylic oxidation sites excluding steroid dienone is 2. The van der Waals surface area contributed by atoms with Crippen molar-refractivity contribution in [2.45, 2.75) is 0 Å². The van der Waals surface area contributed by atoms with Crippen LogP contribution in [0.2, 0.25) is 0 Å². The summed E-state index contributed by atoms with van der Waals surface area (Å²) in [5.74, 6) is -2.81. The summed E-state index contributed by atoms with van der Waals surface area (Å²) in [6.45, 7) is 0. The second kappa shape index (κ2) is 5.04. The molecular weight excluding hydrogens is 282 g/mol. The van der Waals surface area contributed by atoms with E-state index in [1.54, 1.807) is 60.4 Å². The van der Waals surface area contributed by atoms with Crippen LogP contribution in [-0.2, 0) is 16.6 Å². The van der Waals surface area contributed by atoms with E-state index in [0.29, 0.717) is 11.1 Å². The predicted octanol–water partition coefficient (Wildman–Crippen LogP) is 2.42. The van der Waals surface area contributed by atoms with E-state index in [2.05, 4.69) is 0 Å². The van der Waals surface area contributed by atoms with E-state index in [4.69, 9.17) is 0 Å². The Morgan fingerprint density at radius 2 is 1.36 bits per heavy atom. The zero-order valence-electron chi connectivity index (χ0n) is 11.8. The highest BCUT2D eigenvalue weighted by molar-refractivity contribution is 6.46. The maximum atomic E-state index is 12.4. The fraction of sp³-hybridized carbons (Fsp3) is 0.0588. The van der Waals surface area contributed by atoms with Crippen LogP contribution in [0.5, 0.6) is 0 Å². The zero-order chi connectivity index (χ0) is 15.9. The highest BCUT2D eigenvalue weighted by atomic mass is 16.3. The molecule has 1 aromatic heterocycles. The standard InChI is InChI=1S/C17H13NO4/c1-18-8-7-11(9-18)13-16(21)14(19)12(15(20)17(13)22)10-5-3-2-4-6-10/h2-9,19,22H,1H3. The number of rotatable bonds is 2. The van der Waals surface area contributed by atoms with Crippen LogP contribution < -0.4 is 0 Å². The first kappa shape index (κ1) is 13.9. The lowest BCUT2D eigenvalue weighted by atomic mass is 9.87. The molecule has 0 bridgehead atoms. The molecule has 0 fully saturated rings. The van der Waals surface area contributed by atoms with Crippen molar-refractivity contribution < 1.29 is 19.8 Å². The third kappa shape index (κ3) is 2.03. The molecule has 1 aliphatic carbocycles. The molecule has 2 N–H and O–H groups in total. The van der Waals surface area contributed by atoms with E-state index in [1.165, 1.54) is 0 Å². The van der Waals surface area contributed by atoms with Gasteiger partial charge in [-0.05, 0) is 11.6 Å². The molecule has 0 atom stereocenters. The van der Waals surface area contributed by atoms with Gasteiger partial charge in [-0.2, -0.15) is 0 Å². The number of carbonyl (C=O) groups is 2. The van der Waals surface area contributed by atoms with Gasteiger partial charge in [-0.15, -0.1) is 0 Å². The van der Waals surface area contributed by atoms with E-state index in [0.717, 1.165) is 0 Å². The Morgan fingerprint density at radius 3 is 1.86 bits per heavy atom. The largest absolute Gasteiger partial charge is 0.504 e. The third-order valence-electron chi connectivity index (χ3n) is 3.54. The highest BCUT2D eigenvalue weighted by Gasteiger charge is 2.36. The van der Waals surface area contributed by atoms with Gasteiger partial charge >= 0.3 is 0 Å². The molecule has 1 heterocycles. The second-order valence-electron chi connectivity index (χ2n) is 5.04. The van der Waals surface area contributed by atoms with Gasteiger partial charge in [-0.25, -0.2) is 0 Å². The number of carbonyl (C=O) groups excluding carboxylic acids is 2. The van der Waals surface area contributed by atoms with Crippen LogP contribution in [0.1, 0.15) is 11.1 Å². The molecule has 0 saturated carbocycles. The number of hydrogen-bond donors (Lipinski definition) is 2. The van der Waals surface area contributed by atoms with Gasteiger partial charge in [-0.1, -0.05) is 30.3 Å². The highest BCUT2D eigenvalue weighted by Crippen LogP contribution is 2.33. The van der Waals surface area contributed by atoms with Gasteiger partial charge in [-0.3, -0.25) is 9.59 Å². The molecule has 1 aliphatic rings. The minimum atomic E-state index is -0.762. The summed E-state index contributed by atoms with van der Waals surface area (Å²) in [4.78, 5) is 24.8. The Morgan fingerprint density at radius 1 is 0.818 bits per heavy atom. The summed E-state index contributed by atoms with van der Waals surface area (Å²) in [5.41, 5.74) is 0.416. The summed E-state index contributed by atoms with van der Waals surface area (Å²) < 4.78 is 1.68. The Hall–Kier alpha value is -3.08. The normalized spacial score (nSPS) is 15.7. The number of aryl methyl sites for hydroxylation is 1. The lowest BCUT2D eigenvalue weighted by Crippen LogP contribution is -2.22. The van der Waals surface area contributed by atoms with Crippen molar-refractivity contribution in [3.05, 3.63) is 71.4 Å². The number of aliphatic hydroxyl groups excluding tert-OH is 2. The molecule has 0 aliphatic heterocycles. The van der Waals surface area contributed by atoms with Crippen molar-refractivity contribution in [2.24, 2.45) is 7.05 Å². The van der Waals surface area contributed by atoms with Gasteiger partial charge in [0.2, 0.25) is 11.6 Å². The molecule has 22 heavy (non-hydrogen) atoms. The Kier molecular flexibility index (Phi) is 3.18. The molecular formula is C17H13NO4. The SMILES string of the molecule is Cn1ccc(C2=C(O)C(=O)C(c3ccccc3)=C(O)C2=O)c1. The number of nitrogens with zero attached hydrogens (tertiary/aromatic N) is 1. The molecule has 5 nitrogen and oxygen atoms in total. The van der Waals surface area contributed by atoms with Crippen LogP contribution in [0.3, 0.4) is 0 Å². The first-order valence-corrected chi connectivity index (χ1v) is 6.64. The van der Waals surface area contributed by atoms with Crippen LogP contribution in [0.4, 0.5) is 0 Å². The number of aliphatic hydroxyl groups is 2. The molecule has 3 rings (SSSR count). The monoisotopic (exact) mass is 295 g/mol. The average Bonchev–Trinajstić information content (AvgIpc) is 2.93. The maximum absolute atomic E-state index is 12.4. The summed E-state index contributed by atoms with van der Waals surface area (Å²) in [5, 5.41) is 20.3. The van der Waals surface area contributed by atoms with Crippen LogP contribution in [0.25, 0.3) is 11.1 Å². The Bertz CT molecular complexity index is 841. The van der Waals surface area contributed by atoms with Gasteiger partial charge < -0.3 is 14.8 Å². The number of ketones is 2. The van der Waals surface area contributed by atoms with Crippen molar-refractivity contribution in [3.8, 4) is 0 Å².